The molecule has 1 aliphatic heterocycles. The molecule has 2 heteroatoms. The van der Waals surface area contributed by atoms with E-state index in [-0.39, 0.29) is 6.10 Å². The second-order valence-electron chi connectivity index (χ2n) is 6.21. The van der Waals surface area contributed by atoms with Gasteiger partial charge < -0.3 is 10.0 Å². The maximum Gasteiger partial charge on any atom is 0.0553 e. The van der Waals surface area contributed by atoms with Gasteiger partial charge in [0.15, 0.2) is 0 Å². The highest BCUT2D eigenvalue weighted by atomic mass is 16.3. The van der Waals surface area contributed by atoms with Crippen molar-refractivity contribution in [1.82, 2.24) is 0 Å². The zero-order valence-corrected chi connectivity index (χ0v) is 11.9. The number of para-hydroxylation sites is 1. The van der Waals surface area contributed by atoms with E-state index in [9.17, 15) is 5.11 Å². The fourth-order valence-corrected chi connectivity index (χ4v) is 3.81. The third-order valence-corrected chi connectivity index (χ3v) is 4.64. The molecule has 1 heterocycles. The van der Waals surface area contributed by atoms with E-state index in [0.717, 1.165) is 12.5 Å². The zero-order valence-electron chi connectivity index (χ0n) is 11.9. The third-order valence-electron chi connectivity index (χ3n) is 4.64. The van der Waals surface area contributed by atoms with E-state index >= 15 is 0 Å². The second kappa shape index (κ2) is 5.54. The number of nitrogens with zero attached hydrogens (tertiary/aromatic N) is 1. The summed E-state index contributed by atoms with van der Waals surface area (Å²) in [5.74, 6) is 0. The highest BCUT2D eigenvalue weighted by molar-refractivity contribution is 5.64. The number of benzene rings is 1. The molecular weight excluding hydrogens is 234 g/mol. The molecule has 3 rings (SSSR count). The Morgan fingerprint density at radius 1 is 1.26 bits per heavy atom. The van der Waals surface area contributed by atoms with E-state index in [4.69, 9.17) is 0 Å². The summed E-state index contributed by atoms with van der Waals surface area (Å²) < 4.78 is 0. The molecule has 0 saturated heterocycles. The Labute approximate surface area is 116 Å². The molecule has 2 nitrogen and oxygen atoms in total. The molecule has 1 fully saturated rings. The van der Waals surface area contributed by atoms with Gasteiger partial charge in [0.1, 0.15) is 0 Å². The molecule has 0 radical (unpaired) electrons. The van der Waals surface area contributed by atoms with Gasteiger partial charge in [-0.3, -0.25) is 0 Å². The van der Waals surface area contributed by atoms with Gasteiger partial charge in [0.2, 0.25) is 0 Å². The number of fused-ring (bicyclic) bond motifs is 1. The average Bonchev–Trinajstić information content (AvgIpc) is 2.84. The van der Waals surface area contributed by atoms with Crippen LogP contribution in [0.4, 0.5) is 5.69 Å². The van der Waals surface area contributed by atoms with Gasteiger partial charge in [-0.05, 0) is 37.3 Å². The molecule has 1 N–H and O–H groups in total. The lowest BCUT2D eigenvalue weighted by molar-refractivity contribution is 0.195. The van der Waals surface area contributed by atoms with Crippen molar-refractivity contribution in [2.24, 2.45) is 0 Å². The molecule has 0 aromatic heterocycles. The summed E-state index contributed by atoms with van der Waals surface area (Å²) in [5.41, 5.74) is 4.29. The largest absolute Gasteiger partial charge is 0.393 e. The van der Waals surface area contributed by atoms with Crippen LogP contribution >= 0.6 is 0 Å². The quantitative estimate of drug-likeness (QED) is 0.900. The van der Waals surface area contributed by atoms with Gasteiger partial charge in [-0.1, -0.05) is 37.5 Å². The summed E-state index contributed by atoms with van der Waals surface area (Å²) in [4.78, 5) is 2.65. The Hall–Kier alpha value is -1.02. The Morgan fingerprint density at radius 3 is 2.79 bits per heavy atom. The molecule has 1 unspecified atom stereocenters. The summed E-state index contributed by atoms with van der Waals surface area (Å²) in [6.07, 6.45) is 8.59. The Morgan fingerprint density at radius 2 is 2.05 bits per heavy atom. The van der Waals surface area contributed by atoms with Crippen LogP contribution in [-0.4, -0.2) is 23.8 Å². The molecule has 1 aromatic carbocycles. The smallest absolute Gasteiger partial charge is 0.0553 e. The third kappa shape index (κ3) is 2.64. The first-order valence-electron chi connectivity index (χ1n) is 7.81. The summed E-state index contributed by atoms with van der Waals surface area (Å²) in [7, 11) is 0. The van der Waals surface area contributed by atoms with Crippen molar-refractivity contribution >= 4 is 5.69 Å². The topological polar surface area (TPSA) is 23.5 Å². The molecule has 2 aliphatic rings. The number of aliphatic hydroxyl groups is 1. The van der Waals surface area contributed by atoms with Crippen LogP contribution in [0.15, 0.2) is 18.2 Å². The van der Waals surface area contributed by atoms with E-state index in [0.29, 0.717) is 0 Å². The molecule has 104 valence electrons. The first-order chi connectivity index (χ1) is 9.25. The number of anilines is 1. The van der Waals surface area contributed by atoms with Crippen LogP contribution in [0.3, 0.4) is 0 Å². The monoisotopic (exact) mass is 259 g/mol. The second-order valence-corrected chi connectivity index (χ2v) is 6.21. The maximum atomic E-state index is 9.72. The first kappa shape index (κ1) is 13.0. The van der Waals surface area contributed by atoms with Crippen LogP contribution in [0.5, 0.6) is 0 Å². The minimum atomic E-state index is -0.250. The normalized spacial score (nSPS) is 21.5. The number of rotatable bonds is 3. The van der Waals surface area contributed by atoms with Gasteiger partial charge >= 0.3 is 0 Å². The molecule has 1 aromatic rings. The van der Waals surface area contributed by atoms with E-state index in [2.05, 4.69) is 23.1 Å². The summed E-state index contributed by atoms with van der Waals surface area (Å²) in [6.45, 7) is 3.07. The van der Waals surface area contributed by atoms with E-state index in [1.165, 1.54) is 61.9 Å². The lowest BCUT2D eigenvalue weighted by Crippen LogP contribution is -2.36. The van der Waals surface area contributed by atoms with Crippen LogP contribution in [0.25, 0.3) is 0 Å². The SMILES string of the molecule is CC(O)Cc1cccc2c1N(C1CCCCC1)CC2. The molecular formula is C17H25NO. The van der Waals surface area contributed by atoms with Gasteiger partial charge in [-0.25, -0.2) is 0 Å². The van der Waals surface area contributed by atoms with Gasteiger partial charge in [0.05, 0.1) is 6.10 Å². The van der Waals surface area contributed by atoms with Crippen LogP contribution in [-0.2, 0) is 12.8 Å². The molecule has 1 atom stereocenters. The van der Waals surface area contributed by atoms with E-state index < -0.39 is 0 Å². The van der Waals surface area contributed by atoms with Crippen molar-refractivity contribution in [2.75, 3.05) is 11.4 Å². The minimum Gasteiger partial charge on any atom is -0.393 e. The fraction of sp³-hybridized carbons (Fsp3) is 0.647. The summed E-state index contributed by atoms with van der Waals surface area (Å²) in [5, 5.41) is 9.72. The van der Waals surface area contributed by atoms with E-state index in [1.807, 2.05) is 6.92 Å². The molecule has 0 bridgehead atoms. The fourth-order valence-electron chi connectivity index (χ4n) is 3.81. The predicted octanol–water partition coefficient (Wildman–Crippen LogP) is 3.31. The Balaban J connectivity index is 1.88. The van der Waals surface area contributed by atoms with Crippen molar-refractivity contribution in [3.05, 3.63) is 29.3 Å². The maximum absolute atomic E-state index is 9.72. The van der Waals surface area contributed by atoms with Gasteiger partial charge in [0.25, 0.3) is 0 Å². The molecule has 1 saturated carbocycles. The lowest BCUT2D eigenvalue weighted by Gasteiger charge is -2.34. The van der Waals surface area contributed by atoms with Gasteiger partial charge in [-0.15, -0.1) is 0 Å². The van der Waals surface area contributed by atoms with Crippen molar-refractivity contribution < 1.29 is 5.11 Å². The molecule has 0 spiro atoms. The van der Waals surface area contributed by atoms with Crippen molar-refractivity contribution in [1.29, 1.82) is 0 Å². The van der Waals surface area contributed by atoms with Crippen LogP contribution in [0, 0.1) is 0 Å². The van der Waals surface area contributed by atoms with E-state index in [1.54, 1.807) is 0 Å². The highest BCUT2D eigenvalue weighted by Crippen LogP contribution is 2.37. The number of aliphatic hydroxyl groups excluding tert-OH is 1. The molecule has 1 aliphatic carbocycles. The van der Waals surface area contributed by atoms with Crippen molar-refractivity contribution in [2.45, 2.75) is 64.0 Å². The summed E-state index contributed by atoms with van der Waals surface area (Å²) in [6, 6.07) is 7.36. The average molecular weight is 259 g/mol. The van der Waals surface area contributed by atoms with Crippen molar-refractivity contribution in [3.63, 3.8) is 0 Å². The number of hydrogen-bond donors (Lipinski definition) is 1. The van der Waals surface area contributed by atoms with Gasteiger partial charge in [0, 0.05) is 24.7 Å². The standard InChI is InChI=1S/C17H25NO/c1-13(19)12-15-7-5-6-14-10-11-18(17(14)15)16-8-3-2-4-9-16/h5-7,13,16,19H,2-4,8-12H2,1H3. The summed E-state index contributed by atoms with van der Waals surface area (Å²) >= 11 is 0. The highest BCUT2D eigenvalue weighted by Gasteiger charge is 2.29. The van der Waals surface area contributed by atoms with Crippen LogP contribution in [0.2, 0.25) is 0 Å². The van der Waals surface area contributed by atoms with Crippen LogP contribution < -0.4 is 4.90 Å². The van der Waals surface area contributed by atoms with Gasteiger partial charge in [-0.2, -0.15) is 0 Å². The Kier molecular flexibility index (Phi) is 3.79. The number of hydrogen-bond acceptors (Lipinski definition) is 2. The Bertz CT molecular complexity index is 435. The molecule has 0 amide bonds. The lowest BCUT2D eigenvalue weighted by atomic mass is 9.93. The van der Waals surface area contributed by atoms with Crippen molar-refractivity contribution in [3.8, 4) is 0 Å². The zero-order chi connectivity index (χ0) is 13.2. The minimum absolute atomic E-state index is 0.250. The molecule has 19 heavy (non-hydrogen) atoms. The first-order valence-corrected chi connectivity index (χ1v) is 7.81. The predicted molar refractivity (Wildman–Crippen MR) is 79.7 cm³/mol. The van der Waals surface area contributed by atoms with Crippen LogP contribution in [0.1, 0.15) is 50.2 Å².